The summed E-state index contributed by atoms with van der Waals surface area (Å²) in [4.78, 5) is 0. The normalized spacial score (nSPS) is 13.6. The molecule has 0 unspecified atom stereocenters. The van der Waals surface area contributed by atoms with Gasteiger partial charge in [0, 0.05) is 0 Å². The van der Waals surface area contributed by atoms with E-state index in [4.69, 9.17) is 14.2 Å². The van der Waals surface area contributed by atoms with Gasteiger partial charge < -0.3 is 14.2 Å². The molecule has 2 aliphatic heterocycles. The van der Waals surface area contributed by atoms with E-state index in [1.54, 1.807) is 0 Å². The molecule has 3 nitrogen and oxygen atoms in total. The first kappa shape index (κ1) is 40.0. The van der Waals surface area contributed by atoms with Crippen LogP contribution in [0.4, 0.5) is 0 Å². The van der Waals surface area contributed by atoms with Crippen molar-refractivity contribution < 1.29 is 14.2 Å². The lowest BCUT2D eigenvalue weighted by Gasteiger charge is -2.17. The second kappa shape index (κ2) is 19.1. The summed E-state index contributed by atoms with van der Waals surface area (Å²) in [5.74, 6) is 2.79. The van der Waals surface area contributed by atoms with Gasteiger partial charge in [-0.2, -0.15) is 0 Å². The molecule has 0 aromatic heterocycles. The highest BCUT2D eigenvalue weighted by Crippen LogP contribution is 2.28. The fourth-order valence-corrected chi connectivity index (χ4v) is 2.29. The van der Waals surface area contributed by atoms with Crippen molar-refractivity contribution in [1.29, 1.82) is 0 Å². The molecule has 0 amide bonds. The average Bonchev–Trinajstić information content (AvgIpc) is 2.75. The van der Waals surface area contributed by atoms with Gasteiger partial charge in [-0.05, 0) is 58.3 Å². The molecule has 40 heavy (non-hydrogen) atoms. The molecule has 3 heteroatoms. The zero-order valence-electron chi connectivity index (χ0n) is 29.4. The number of fused-ring (bicyclic) bond motifs is 2. The minimum atomic E-state index is 0.500. The van der Waals surface area contributed by atoms with E-state index in [9.17, 15) is 0 Å². The van der Waals surface area contributed by atoms with Crippen molar-refractivity contribution in [2.24, 2.45) is 21.7 Å². The highest BCUT2D eigenvalue weighted by atomic mass is 16.6. The quantitative estimate of drug-likeness (QED) is 0.322. The maximum atomic E-state index is 5.42. The third-order valence-electron chi connectivity index (χ3n) is 3.27. The predicted octanol–water partition coefficient (Wildman–Crippen LogP) is 11.7. The minimum Gasteiger partial charge on any atom is -0.493 e. The number of benzene rings is 2. The van der Waals surface area contributed by atoms with Crippen LogP contribution in [0.2, 0.25) is 0 Å². The SMILES string of the molecule is CC(C)(C)C.CC(C)(C)C.CC(C)(C)C.CC(C)(C)C.c1ccc2c(c1)CCCO2.c1ccc2c(c1)OCCO2. The molecule has 2 aromatic carbocycles. The Morgan fingerprint density at radius 2 is 0.675 bits per heavy atom. The van der Waals surface area contributed by atoms with Crippen molar-refractivity contribution in [3.63, 3.8) is 0 Å². The molecule has 0 bridgehead atoms. The molecule has 0 N–H and O–H groups in total. The van der Waals surface area contributed by atoms with Crippen LogP contribution in [0, 0.1) is 21.7 Å². The van der Waals surface area contributed by atoms with E-state index in [1.165, 1.54) is 12.0 Å². The van der Waals surface area contributed by atoms with Crippen LogP contribution in [-0.2, 0) is 6.42 Å². The van der Waals surface area contributed by atoms with Gasteiger partial charge in [0.05, 0.1) is 6.61 Å². The second-order valence-corrected chi connectivity index (χ2v) is 16.7. The second-order valence-electron chi connectivity index (χ2n) is 16.7. The van der Waals surface area contributed by atoms with Gasteiger partial charge in [0.2, 0.25) is 0 Å². The van der Waals surface area contributed by atoms with Crippen LogP contribution in [0.5, 0.6) is 17.2 Å². The standard InChI is InChI=1S/C9H10O.C8H8O2.4C5H12/c1-2-6-9-8(4-1)5-3-7-10-9;1-2-4-8-7(3-1)9-5-6-10-8;4*1-5(2,3)4/h1-2,4,6H,3,5,7H2;1-4H,5-6H2;4*1-4H3. The van der Waals surface area contributed by atoms with Crippen molar-refractivity contribution >= 4 is 0 Å². The third kappa shape index (κ3) is 38.0. The minimum absolute atomic E-state index is 0.500. The van der Waals surface area contributed by atoms with E-state index in [0.717, 1.165) is 30.3 Å². The zero-order valence-corrected chi connectivity index (χ0v) is 29.4. The third-order valence-corrected chi connectivity index (χ3v) is 3.27. The maximum absolute atomic E-state index is 5.42. The molecular weight excluding hydrogens is 492 g/mol. The van der Waals surface area contributed by atoms with E-state index >= 15 is 0 Å². The van der Waals surface area contributed by atoms with Gasteiger partial charge >= 0.3 is 0 Å². The molecule has 0 saturated carbocycles. The highest BCUT2D eigenvalue weighted by Gasteiger charge is 2.08. The topological polar surface area (TPSA) is 27.7 Å². The molecule has 2 aliphatic rings. The molecule has 0 fully saturated rings. The molecule has 0 radical (unpaired) electrons. The zero-order chi connectivity index (χ0) is 31.6. The average molecular weight is 559 g/mol. The van der Waals surface area contributed by atoms with Crippen LogP contribution in [0.3, 0.4) is 0 Å². The molecule has 0 saturated heterocycles. The Morgan fingerprint density at radius 3 is 1.00 bits per heavy atom. The van der Waals surface area contributed by atoms with Gasteiger partial charge in [-0.25, -0.2) is 0 Å². The van der Waals surface area contributed by atoms with Crippen molar-refractivity contribution in [2.45, 2.75) is 124 Å². The van der Waals surface area contributed by atoms with Crippen molar-refractivity contribution in [3.05, 3.63) is 54.1 Å². The number of hydrogen-bond donors (Lipinski definition) is 0. The summed E-state index contributed by atoms with van der Waals surface area (Å²) < 4.78 is 16.0. The van der Waals surface area contributed by atoms with E-state index in [-0.39, 0.29) is 0 Å². The van der Waals surface area contributed by atoms with Crippen LogP contribution in [0.25, 0.3) is 0 Å². The van der Waals surface area contributed by atoms with E-state index in [2.05, 4.69) is 123 Å². The van der Waals surface area contributed by atoms with Crippen LogP contribution in [-0.4, -0.2) is 19.8 Å². The highest BCUT2D eigenvalue weighted by molar-refractivity contribution is 5.40. The smallest absolute Gasteiger partial charge is 0.161 e. The van der Waals surface area contributed by atoms with Gasteiger partial charge in [0.1, 0.15) is 19.0 Å². The molecule has 0 aliphatic carbocycles. The Morgan fingerprint density at radius 1 is 0.400 bits per heavy atom. The van der Waals surface area contributed by atoms with Crippen LogP contribution in [0.15, 0.2) is 48.5 Å². The Balaban J connectivity index is 0. The lowest BCUT2D eigenvalue weighted by molar-refractivity contribution is 0.171. The molecule has 2 aromatic rings. The van der Waals surface area contributed by atoms with E-state index in [0.29, 0.717) is 34.9 Å². The molecule has 0 spiro atoms. The molecule has 0 atom stereocenters. The van der Waals surface area contributed by atoms with Crippen LogP contribution in [0.1, 0.15) is 123 Å². The number of aryl methyl sites for hydroxylation is 1. The van der Waals surface area contributed by atoms with Crippen molar-refractivity contribution in [1.82, 2.24) is 0 Å². The van der Waals surface area contributed by atoms with Crippen molar-refractivity contribution in [3.8, 4) is 17.2 Å². The van der Waals surface area contributed by atoms with Crippen LogP contribution < -0.4 is 14.2 Å². The fourth-order valence-electron chi connectivity index (χ4n) is 2.29. The van der Waals surface area contributed by atoms with Gasteiger partial charge in [-0.15, -0.1) is 0 Å². The Labute approximate surface area is 250 Å². The lowest BCUT2D eigenvalue weighted by atomic mass is 10.0. The molecule has 232 valence electrons. The summed E-state index contributed by atoms with van der Waals surface area (Å²) in [5, 5.41) is 0. The fraction of sp³-hybridized carbons (Fsp3) is 0.676. The molecular formula is C37H66O3. The summed E-state index contributed by atoms with van der Waals surface area (Å²) >= 11 is 0. The first-order valence-corrected chi connectivity index (χ1v) is 15.0. The first-order chi connectivity index (χ1) is 17.9. The summed E-state index contributed by atoms with van der Waals surface area (Å²) in [7, 11) is 0. The number of para-hydroxylation sites is 3. The van der Waals surface area contributed by atoms with Gasteiger partial charge in [0.15, 0.2) is 11.5 Å². The summed E-state index contributed by atoms with van der Waals surface area (Å²) in [6, 6.07) is 15.9. The van der Waals surface area contributed by atoms with Crippen LogP contribution >= 0.6 is 0 Å². The van der Waals surface area contributed by atoms with E-state index < -0.39 is 0 Å². The largest absolute Gasteiger partial charge is 0.493 e. The predicted molar refractivity (Wildman–Crippen MR) is 178 cm³/mol. The maximum Gasteiger partial charge on any atom is 0.161 e. The Bertz CT molecular complexity index is 714. The Hall–Kier alpha value is -2.16. The Kier molecular flexibility index (Phi) is 19.0. The molecule has 2 heterocycles. The number of rotatable bonds is 0. The van der Waals surface area contributed by atoms with E-state index in [1.807, 2.05) is 36.4 Å². The summed E-state index contributed by atoms with van der Waals surface area (Å²) in [5.41, 5.74) is 3.36. The lowest BCUT2D eigenvalue weighted by Crippen LogP contribution is -2.14. The van der Waals surface area contributed by atoms with Crippen molar-refractivity contribution in [2.75, 3.05) is 19.8 Å². The number of hydrogen-bond acceptors (Lipinski definition) is 3. The summed E-state index contributed by atoms with van der Waals surface area (Å²) in [6.45, 7) is 37.2. The van der Waals surface area contributed by atoms with Gasteiger partial charge in [0.25, 0.3) is 0 Å². The monoisotopic (exact) mass is 559 g/mol. The number of ether oxygens (including phenoxy) is 3. The van der Waals surface area contributed by atoms with Gasteiger partial charge in [-0.1, -0.05) is 141 Å². The summed E-state index contributed by atoms with van der Waals surface area (Å²) in [6.07, 6.45) is 2.34. The molecule has 4 rings (SSSR count). The van der Waals surface area contributed by atoms with Gasteiger partial charge in [-0.3, -0.25) is 0 Å². The first-order valence-electron chi connectivity index (χ1n) is 15.0.